The average molecular weight is 194 g/mol. The molecule has 1 aromatic rings. The summed E-state index contributed by atoms with van der Waals surface area (Å²) in [6.07, 6.45) is 4.66. The topological polar surface area (TPSA) is 46.3 Å². The molecular weight excluding hydrogens is 180 g/mol. The maximum Gasteiger partial charge on any atom is 0.276 e. The summed E-state index contributed by atoms with van der Waals surface area (Å²) in [7, 11) is 0. The maximum atomic E-state index is 11.9. The van der Waals surface area contributed by atoms with Crippen LogP contribution >= 0.6 is 0 Å². The smallest absolute Gasteiger partial charge is 0.276 e. The van der Waals surface area contributed by atoms with E-state index in [1.54, 1.807) is 6.07 Å². The van der Waals surface area contributed by atoms with Crippen molar-refractivity contribution in [2.24, 2.45) is 0 Å². The summed E-state index contributed by atoms with van der Waals surface area (Å²) in [6.45, 7) is 2.96. The van der Waals surface area contributed by atoms with E-state index in [0.717, 1.165) is 25.8 Å². The third-order valence-electron chi connectivity index (χ3n) is 2.77. The van der Waals surface area contributed by atoms with E-state index in [1.165, 1.54) is 6.26 Å². The molecule has 1 atom stereocenters. The van der Waals surface area contributed by atoms with Gasteiger partial charge in [-0.3, -0.25) is 4.79 Å². The highest BCUT2D eigenvalue weighted by Gasteiger charge is 2.29. The highest BCUT2D eigenvalue weighted by Crippen LogP contribution is 2.21. The third-order valence-corrected chi connectivity index (χ3v) is 2.77. The fourth-order valence-electron chi connectivity index (χ4n) is 2.00. The van der Waals surface area contributed by atoms with E-state index >= 15 is 0 Å². The fourth-order valence-corrected chi connectivity index (χ4v) is 2.00. The van der Waals surface area contributed by atoms with Crippen LogP contribution in [0, 0.1) is 0 Å². The monoisotopic (exact) mass is 194 g/mol. The molecule has 0 spiro atoms. The molecule has 0 unspecified atom stereocenters. The van der Waals surface area contributed by atoms with Crippen LogP contribution in [0.25, 0.3) is 0 Å². The summed E-state index contributed by atoms with van der Waals surface area (Å²) in [5, 5.41) is 3.66. The Labute approximate surface area is 82.9 Å². The van der Waals surface area contributed by atoms with Crippen LogP contribution < -0.4 is 0 Å². The van der Waals surface area contributed by atoms with E-state index in [-0.39, 0.29) is 5.91 Å². The predicted octanol–water partition coefficient (Wildman–Crippen LogP) is 1.69. The molecule has 1 amide bonds. The minimum absolute atomic E-state index is 0.00287. The number of carbonyl (C=O) groups is 1. The fraction of sp³-hybridized carbons (Fsp3) is 0.600. The second kappa shape index (κ2) is 3.82. The normalized spacial score (nSPS) is 21.5. The lowest BCUT2D eigenvalue weighted by molar-refractivity contribution is 0.0723. The Kier molecular flexibility index (Phi) is 2.52. The zero-order valence-corrected chi connectivity index (χ0v) is 8.27. The van der Waals surface area contributed by atoms with E-state index in [0.29, 0.717) is 11.7 Å². The summed E-state index contributed by atoms with van der Waals surface area (Å²) >= 11 is 0. The van der Waals surface area contributed by atoms with Crippen LogP contribution in [0.15, 0.2) is 16.9 Å². The zero-order valence-electron chi connectivity index (χ0n) is 8.27. The molecular formula is C10H14N2O2. The molecule has 1 saturated heterocycles. The largest absolute Gasteiger partial charge is 0.364 e. The van der Waals surface area contributed by atoms with Crippen molar-refractivity contribution in [1.82, 2.24) is 10.1 Å². The Bertz CT molecular complexity index is 308. The van der Waals surface area contributed by atoms with Crippen LogP contribution in [0.3, 0.4) is 0 Å². The number of rotatable bonds is 2. The van der Waals surface area contributed by atoms with Crippen LogP contribution in [0.5, 0.6) is 0 Å². The summed E-state index contributed by atoms with van der Waals surface area (Å²) in [5.74, 6) is 0.00287. The van der Waals surface area contributed by atoms with Crippen LogP contribution in [-0.4, -0.2) is 28.6 Å². The Morgan fingerprint density at radius 1 is 1.79 bits per heavy atom. The van der Waals surface area contributed by atoms with Crippen LogP contribution in [0.2, 0.25) is 0 Å². The molecule has 1 aromatic heterocycles. The average Bonchev–Trinajstić information content (AvgIpc) is 2.87. The van der Waals surface area contributed by atoms with Crippen molar-refractivity contribution in [3.63, 3.8) is 0 Å². The van der Waals surface area contributed by atoms with Crippen molar-refractivity contribution in [2.45, 2.75) is 32.2 Å². The van der Waals surface area contributed by atoms with E-state index < -0.39 is 0 Å². The lowest BCUT2D eigenvalue weighted by Crippen LogP contribution is -2.35. The highest BCUT2D eigenvalue weighted by atomic mass is 16.5. The van der Waals surface area contributed by atoms with Crippen molar-refractivity contribution >= 4 is 5.91 Å². The van der Waals surface area contributed by atoms with Crippen LogP contribution in [-0.2, 0) is 0 Å². The number of likely N-dealkylation sites (tertiary alicyclic amines) is 1. The Hall–Kier alpha value is -1.32. The molecule has 0 radical (unpaired) electrons. The van der Waals surface area contributed by atoms with E-state index in [1.807, 2.05) is 4.90 Å². The summed E-state index contributed by atoms with van der Waals surface area (Å²) < 4.78 is 4.67. The first kappa shape index (κ1) is 9.24. The first-order chi connectivity index (χ1) is 6.83. The Morgan fingerprint density at radius 3 is 3.29 bits per heavy atom. The lowest BCUT2D eigenvalue weighted by Gasteiger charge is -2.22. The molecule has 0 aliphatic carbocycles. The molecule has 0 N–H and O–H groups in total. The third kappa shape index (κ3) is 1.52. The maximum absolute atomic E-state index is 11.9. The molecule has 1 aliphatic rings. The highest BCUT2D eigenvalue weighted by molar-refractivity contribution is 5.92. The molecule has 1 aliphatic heterocycles. The van der Waals surface area contributed by atoms with Gasteiger partial charge in [0, 0.05) is 18.7 Å². The SMILES string of the molecule is CC[C@@H]1CCCN1C(=O)c1ccon1. The molecule has 2 rings (SSSR count). The van der Waals surface area contributed by atoms with Gasteiger partial charge in [-0.25, -0.2) is 0 Å². The lowest BCUT2D eigenvalue weighted by atomic mass is 10.1. The van der Waals surface area contributed by atoms with Gasteiger partial charge in [-0.1, -0.05) is 12.1 Å². The summed E-state index contributed by atoms with van der Waals surface area (Å²) in [6, 6.07) is 2.01. The molecule has 0 aromatic carbocycles. The van der Waals surface area contributed by atoms with Gasteiger partial charge in [0.25, 0.3) is 5.91 Å². The van der Waals surface area contributed by atoms with E-state index in [4.69, 9.17) is 0 Å². The molecule has 1 fully saturated rings. The second-order valence-electron chi connectivity index (χ2n) is 3.59. The van der Waals surface area contributed by atoms with Gasteiger partial charge >= 0.3 is 0 Å². The minimum atomic E-state index is 0.00287. The molecule has 14 heavy (non-hydrogen) atoms. The Balaban J connectivity index is 2.11. The molecule has 2 heterocycles. The second-order valence-corrected chi connectivity index (χ2v) is 3.59. The van der Waals surface area contributed by atoms with Gasteiger partial charge < -0.3 is 9.42 Å². The minimum Gasteiger partial charge on any atom is -0.364 e. The first-order valence-electron chi connectivity index (χ1n) is 5.04. The molecule has 76 valence electrons. The summed E-state index contributed by atoms with van der Waals surface area (Å²) in [5.41, 5.74) is 0.422. The number of amides is 1. The first-order valence-corrected chi connectivity index (χ1v) is 5.04. The number of hydrogen-bond acceptors (Lipinski definition) is 3. The summed E-state index contributed by atoms with van der Waals surface area (Å²) in [4.78, 5) is 13.8. The number of nitrogens with zero attached hydrogens (tertiary/aromatic N) is 2. The van der Waals surface area contributed by atoms with Gasteiger partial charge in [0.15, 0.2) is 5.69 Å². The quantitative estimate of drug-likeness (QED) is 0.719. The number of hydrogen-bond donors (Lipinski definition) is 0. The van der Waals surface area contributed by atoms with Crippen molar-refractivity contribution in [3.8, 4) is 0 Å². The van der Waals surface area contributed by atoms with Crippen molar-refractivity contribution in [3.05, 3.63) is 18.0 Å². The number of aromatic nitrogens is 1. The van der Waals surface area contributed by atoms with Crippen molar-refractivity contribution in [2.75, 3.05) is 6.54 Å². The Morgan fingerprint density at radius 2 is 2.64 bits per heavy atom. The molecule has 4 heteroatoms. The predicted molar refractivity (Wildman–Crippen MR) is 50.9 cm³/mol. The van der Waals surface area contributed by atoms with Gasteiger partial charge in [0.05, 0.1) is 0 Å². The van der Waals surface area contributed by atoms with Crippen LogP contribution in [0.4, 0.5) is 0 Å². The van der Waals surface area contributed by atoms with Gasteiger partial charge in [-0.15, -0.1) is 0 Å². The van der Waals surface area contributed by atoms with Crippen molar-refractivity contribution < 1.29 is 9.32 Å². The number of carbonyl (C=O) groups excluding carboxylic acids is 1. The van der Waals surface area contributed by atoms with Gasteiger partial charge in [0.2, 0.25) is 0 Å². The van der Waals surface area contributed by atoms with E-state index in [9.17, 15) is 4.79 Å². The molecule has 0 bridgehead atoms. The van der Waals surface area contributed by atoms with Crippen molar-refractivity contribution in [1.29, 1.82) is 0 Å². The molecule has 0 saturated carbocycles. The van der Waals surface area contributed by atoms with Crippen LogP contribution in [0.1, 0.15) is 36.7 Å². The molecule has 4 nitrogen and oxygen atoms in total. The standard InChI is InChI=1S/C10H14N2O2/c1-2-8-4-3-6-12(8)10(13)9-5-7-14-11-9/h5,7-8H,2-4,6H2,1H3/t8-/m1/s1. The van der Waals surface area contributed by atoms with E-state index in [2.05, 4.69) is 16.6 Å². The zero-order chi connectivity index (χ0) is 9.97. The van der Waals surface area contributed by atoms with Gasteiger partial charge in [-0.05, 0) is 19.3 Å². The van der Waals surface area contributed by atoms with Gasteiger partial charge in [-0.2, -0.15) is 0 Å². The van der Waals surface area contributed by atoms with Gasteiger partial charge in [0.1, 0.15) is 6.26 Å².